The number of carbonyl (C=O) groups is 1. The summed E-state index contributed by atoms with van der Waals surface area (Å²) in [6, 6.07) is 14.2. The zero-order valence-electron chi connectivity index (χ0n) is 15.5. The fraction of sp³-hybridized carbons (Fsp3) is 0.318. The van der Waals surface area contributed by atoms with E-state index in [1.807, 2.05) is 41.3 Å². The van der Waals surface area contributed by atoms with E-state index in [2.05, 4.69) is 40.1 Å². The lowest BCUT2D eigenvalue weighted by Gasteiger charge is -2.41. The molecule has 0 radical (unpaired) electrons. The molecule has 138 valence electrons. The normalized spacial score (nSPS) is 17.6. The van der Waals surface area contributed by atoms with Crippen molar-refractivity contribution in [3.8, 4) is 11.8 Å². The third kappa shape index (κ3) is 4.08. The lowest BCUT2D eigenvalue weighted by atomic mass is 10.0. The van der Waals surface area contributed by atoms with Crippen LogP contribution in [-0.2, 0) is 11.3 Å². The predicted molar refractivity (Wildman–Crippen MR) is 109 cm³/mol. The van der Waals surface area contributed by atoms with Gasteiger partial charge in [-0.2, -0.15) is 0 Å². The van der Waals surface area contributed by atoms with Crippen molar-refractivity contribution in [1.29, 1.82) is 0 Å². The summed E-state index contributed by atoms with van der Waals surface area (Å²) in [6.45, 7) is 3.68. The molecular weight excluding hydrogens is 354 g/mol. The van der Waals surface area contributed by atoms with Gasteiger partial charge in [0.2, 0.25) is 0 Å². The third-order valence-electron chi connectivity index (χ3n) is 5.02. The molecule has 0 saturated heterocycles. The summed E-state index contributed by atoms with van der Waals surface area (Å²) in [5.74, 6) is 6.65. The van der Waals surface area contributed by atoms with E-state index >= 15 is 0 Å². The maximum absolute atomic E-state index is 13.1. The molecule has 1 amide bonds. The van der Waals surface area contributed by atoms with Crippen molar-refractivity contribution in [3.63, 3.8) is 0 Å². The van der Waals surface area contributed by atoms with Gasteiger partial charge >= 0.3 is 0 Å². The molecule has 4 rings (SSSR count). The van der Waals surface area contributed by atoms with Gasteiger partial charge < -0.3 is 9.80 Å². The van der Waals surface area contributed by atoms with E-state index in [0.29, 0.717) is 26.3 Å². The zero-order chi connectivity index (χ0) is 18.6. The van der Waals surface area contributed by atoms with E-state index < -0.39 is 0 Å². The summed E-state index contributed by atoms with van der Waals surface area (Å²) < 4.78 is 0. The van der Waals surface area contributed by atoms with Gasteiger partial charge in [-0.05, 0) is 23.6 Å². The molecule has 27 heavy (non-hydrogen) atoms. The third-order valence-corrected chi connectivity index (χ3v) is 5.88. The average molecular weight is 378 g/mol. The first-order valence-corrected chi connectivity index (χ1v) is 10.1. The number of benzene rings is 1. The van der Waals surface area contributed by atoms with Crippen molar-refractivity contribution in [2.75, 3.05) is 33.4 Å². The lowest BCUT2D eigenvalue weighted by Crippen LogP contribution is -2.50. The summed E-state index contributed by atoms with van der Waals surface area (Å²) >= 11 is 1.70. The molecule has 1 aromatic heterocycles. The molecule has 3 heterocycles. The summed E-state index contributed by atoms with van der Waals surface area (Å²) in [5, 5.41) is 2.06. The van der Waals surface area contributed by atoms with E-state index in [1.165, 1.54) is 10.6 Å². The zero-order valence-corrected chi connectivity index (χ0v) is 16.3. The van der Waals surface area contributed by atoms with E-state index in [9.17, 15) is 4.79 Å². The molecule has 0 fully saturated rings. The Morgan fingerprint density at radius 3 is 2.78 bits per heavy atom. The highest BCUT2D eigenvalue weighted by atomic mass is 32.1. The van der Waals surface area contributed by atoms with Gasteiger partial charge in [0.15, 0.2) is 0 Å². The van der Waals surface area contributed by atoms with Crippen molar-refractivity contribution in [2.24, 2.45) is 0 Å². The number of amides is 1. The molecule has 2 aliphatic rings. The molecule has 0 N–H and O–H groups in total. The Hall–Kier alpha value is -2.55. The maximum Gasteiger partial charge on any atom is 0.254 e. The Kier molecular flexibility index (Phi) is 5.28. The second-order valence-electron chi connectivity index (χ2n) is 6.98. The molecule has 1 aromatic carbocycles. The molecule has 2 aliphatic heterocycles. The van der Waals surface area contributed by atoms with Gasteiger partial charge in [0.05, 0.1) is 25.3 Å². The topological polar surface area (TPSA) is 26.8 Å². The Labute approximate surface area is 164 Å². The van der Waals surface area contributed by atoms with Crippen molar-refractivity contribution in [3.05, 3.63) is 69.6 Å². The Morgan fingerprint density at radius 2 is 2.00 bits per heavy atom. The second-order valence-corrected chi connectivity index (χ2v) is 8.01. The van der Waals surface area contributed by atoms with Crippen LogP contribution >= 0.6 is 11.3 Å². The van der Waals surface area contributed by atoms with Crippen LogP contribution in [0.5, 0.6) is 0 Å². The van der Waals surface area contributed by atoms with Crippen LogP contribution in [0.2, 0.25) is 0 Å². The number of hydrogen-bond acceptors (Lipinski definition) is 4. The van der Waals surface area contributed by atoms with Crippen LogP contribution in [0.4, 0.5) is 0 Å². The molecule has 0 spiro atoms. The van der Waals surface area contributed by atoms with Crippen molar-refractivity contribution in [1.82, 2.24) is 14.7 Å². The van der Waals surface area contributed by atoms with Crippen LogP contribution in [0.25, 0.3) is 0 Å². The predicted octanol–water partition coefficient (Wildman–Crippen LogP) is 2.99. The summed E-state index contributed by atoms with van der Waals surface area (Å²) in [5.41, 5.74) is 3.17. The first-order valence-electron chi connectivity index (χ1n) is 9.22. The van der Waals surface area contributed by atoms with Gasteiger partial charge in [0.1, 0.15) is 0 Å². The monoisotopic (exact) mass is 377 g/mol. The quantitative estimate of drug-likeness (QED) is 0.770. The first-order chi connectivity index (χ1) is 13.2. The van der Waals surface area contributed by atoms with Gasteiger partial charge in [0.25, 0.3) is 5.91 Å². The van der Waals surface area contributed by atoms with Crippen LogP contribution < -0.4 is 0 Å². The highest BCUT2D eigenvalue weighted by molar-refractivity contribution is 7.09. The van der Waals surface area contributed by atoms with Crippen LogP contribution in [-0.4, -0.2) is 54.0 Å². The standard InChI is InChI=1S/C22H23N3OS/c1-23-17-25(15-19-10-6-14-27-19)22(26)20-16-24(13-11-21(20)23)12-5-9-18-7-3-2-4-8-18/h2-4,6-8,10,14H,11-13,15-17H2,1H3. The Morgan fingerprint density at radius 1 is 1.15 bits per heavy atom. The smallest absolute Gasteiger partial charge is 0.254 e. The van der Waals surface area contributed by atoms with E-state index in [1.54, 1.807) is 11.3 Å². The van der Waals surface area contributed by atoms with Crippen LogP contribution in [0, 0.1) is 11.8 Å². The van der Waals surface area contributed by atoms with Crippen LogP contribution in [0.3, 0.4) is 0 Å². The van der Waals surface area contributed by atoms with Crippen LogP contribution in [0.15, 0.2) is 59.1 Å². The van der Waals surface area contributed by atoms with Gasteiger partial charge in [-0.1, -0.05) is 36.1 Å². The minimum Gasteiger partial charge on any atom is -0.360 e. The fourth-order valence-corrected chi connectivity index (χ4v) is 4.36. The molecule has 0 unspecified atom stereocenters. The second kappa shape index (κ2) is 7.99. The SMILES string of the molecule is CN1CN(Cc2cccs2)C(=O)C2=C1CCN(CC#Cc1ccccc1)C2. The highest BCUT2D eigenvalue weighted by Crippen LogP contribution is 2.27. The minimum absolute atomic E-state index is 0.178. The van der Waals surface area contributed by atoms with Crippen molar-refractivity contribution in [2.45, 2.75) is 13.0 Å². The number of nitrogens with zero attached hydrogens (tertiary/aromatic N) is 3. The molecule has 4 nitrogen and oxygen atoms in total. The summed E-state index contributed by atoms with van der Waals surface area (Å²) in [6.07, 6.45) is 0.914. The Balaban J connectivity index is 1.44. The molecule has 5 heteroatoms. The number of thiophene rings is 1. The molecule has 0 atom stereocenters. The first kappa shape index (κ1) is 17.8. The molecular formula is C22H23N3OS. The van der Waals surface area contributed by atoms with Crippen molar-refractivity contribution >= 4 is 17.2 Å². The number of rotatable bonds is 3. The van der Waals surface area contributed by atoms with Gasteiger partial charge in [-0.3, -0.25) is 9.69 Å². The van der Waals surface area contributed by atoms with Crippen LogP contribution in [0.1, 0.15) is 16.9 Å². The number of carbonyl (C=O) groups excluding carboxylic acids is 1. The Bertz CT molecular complexity index is 893. The largest absolute Gasteiger partial charge is 0.360 e. The maximum atomic E-state index is 13.1. The molecule has 0 bridgehead atoms. The fourth-order valence-electron chi connectivity index (χ4n) is 3.64. The minimum atomic E-state index is 0.178. The van der Waals surface area contributed by atoms with E-state index in [-0.39, 0.29) is 5.91 Å². The molecule has 2 aromatic rings. The average Bonchev–Trinajstić information content (AvgIpc) is 3.20. The molecule has 0 saturated carbocycles. The lowest BCUT2D eigenvalue weighted by molar-refractivity contribution is -0.131. The molecule has 0 aliphatic carbocycles. The number of hydrogen-bond donors (Lipinski definition) is 0. The highest BCUT2D eigenvalue weighted by Gasteiger charge is 2.33. The van der Waals surface area contributed by atoms with Crippen molar-refractivity contribution < 1.29 is 4.79 Å². The van der Waals surface area contributed by atoms with Gasteiger partial charge in [0, 0.05) is 42.7 Å². The van der Waals surface area contributed by atoms with Gasteiger partial charge in [-0.25, -0.2) is 0 Å². The van der Waals surface area contributed by atoms with E-state index in [4.69, 9.17) is 0 Å². The summed E-state index contributed by atoms with van der Waals surface area (Å²) in [4.78, 5) is 20.7. The van der Waals surface area contributed by atoms with Gasteiger partial charge in [-0.15, -0.1) is 11.3 Å². The van der Waals surface area contributed by atoms with E-state index in [0.717, 1.165) is 24.1 Å². The summed E-state index contributed by atoms with van der Waals surface area (Å²) in [7, 11) is 2.09.